The quantitative estimate of drug-likeness (QED) is 0.420. The maximum Gasteiger partial charge on any atom is 0.145 e. The lowest BCUT2D eigenvalue weighted by Crippen LogP contribution is -2.14. The van der Waals surface area contributed by atoms with E-state index < -0.39 is 0 Å². The number of ether oxygens (including phenoxy) is 1. The Labute approximate surface area is 85.5 Å². The molecule has 0 aliphatic rings. The van der Waals surface area contributed by atoms with Crippen molar-refractivity contribution in [3.05, 3.63) is 0 Å². The minimum absolute atomic E-state index is 0.490. The lowest BCUT2D eigenvalue weighted by Gasteiger charge is -2.16. The molecule has 0 aromatic heterocycles. The van der Waals surface area contributed by atoms with Crippen molar-refractivity contribution in [2.24, 2.45) is 0 Å². The van der Waals surface area contributed by atoms with Crippen LogP contribution < -0.4 is 0 Å². The molecule has 80 valence electrons. The Kier molecular flexibility index (Phi) is 10.3. The first-order valence-electron chi connectivity index (χ1n) is 5.45. The highest BCUT2D eigenvalue weighted by Crippen LogP contribution is 2.09. The molecule has 0 fully saturated rings. The maximum absolute atomic E-state index is 5.76. The Morgan fingerprint density at radius 2 is 1.69 bits per heavy atom. The molecular formula is C10H24O2Si. The molecule has 0 saturated carbocycles. The molecule has 0 N–H and O–H groups in total. The van der Waals surface area contributed by atoms with E-state index in [2.05, 4.69) is 13.8 Å². The molecule has 0 aliphatic carbocycles. The van der Waals surface area contributed by atoms with Crippen LogP contribution in [0.25, 0.3) is 0 Å². The van der Waals surface area contributed by atoms with Crippen LogP contribution in [0.4, 0.5) is 0 Å². The van der Waals surface area contributed by atoms with Gasteiger partial charge < -0.3 is 9.16 Å². The molecule has 0 bridgehead atoms. The largest absolute Gasteiger partial charge is 0.428 e. The van der Waals surface area contributed by atoms with Gasteiger partial charge in [-0.05, 0) is 19.3 Å². The van der Waals surface area contributed by atoms with Crippen molar-refractivity contribution in [3.63, 3.8) is 0 Å². The Morgan fingerprint density at radius 1 is 1.08 bits per heavy atom. The van der Waals surface area contributed by atoms with E-state index in [1.54, 1.807) is 0 Å². The van der Waals surface area contributed by atoms with Crippen LogP contribution in [0.2, 0.25) is 0 Å². The highest BCUT2D eigenvalue weighted by molar-refractivity contribution is 5.97. The predicted molar refractivity (Wildman–Crippen MR) is 60.1 cm³/mol. The summed E-state index contributed by atoms with van der Waals surface area (Å²) < 4.78 is 10.9. The third-order valence-corrected chi connectivity index (χ3v) is 2.48. The van der Waals surface area contributed by atoms with Gasteiger partial charge >= 0.3 is 0 Å². The lowest BCUT2D eigenvalue weighted by molar-refractivity contribution is 0.0345. The van der Waals surface area contributed by atoms with Gasteiger partial charge in [-0.3, -0.25) is 0 Å². The molecule has 3 heteroatoms. The summed E-state index contributed by atoms with van der Waals surface area (Å²) in [7, 11) is 0.850. The molecule has 0 radical (unpaired) electrons. The van der Waals surface area contributed by atoms with Crippen molar-refractivity contribution in [2.45, 2.75) is 52.1 Å². The fourth-order valence-corrected chi connectivity index (χ4v) is 1.70. The van der Waals surface area contributed by atoms with Gasteiger partial charge in [-0.15, -0.1) is 0 Å². The zero-order chi connectivity index (χ0) is 9.94. The van der Waals surface area contributed by atoms with E-state index in [-0.39, 0.29) is 0 Å². The average Bonchev–Trinajstić information content (AvgIpc) is 2.13. The summed E-state index contributed by atoms with van der Waals surface area (Å²) >= 11 is 0. The minimum Gasteiger partial charge on any atom is -0.428 e. The van der Waals surface area contributed by atoms with Crippen LogP contribution in [0.1, 0.15) is 46.0 Å². The average molecular weight is 204 g/mol. The second-order valence-electron chi connectivity index (χ2n) is 3.42. The van der Waals surface area contributed by atoms with Crippen LogP contribution in [0, 0.1) is 0 Å². The van der Waals surface area contributed by atoms with E-state index in [4.69, 9.17) is 9.16 Å². The summed E-state index contributed by atoms with van der Waals surface area (Å²) in [6.07, 6.45) is 6.39. The Bertz CT molecular complexity index is 92.9. The van der Waals surface area contributed by atoms with Crippen molar-refractivity contribution in [1.29, 1.82) is 0 Å². The zero-order valence-corrected chi connectivity index (χ0v) is 11.3. The Hall–Kier alpha value is 0.137. The number of rotatable bonds is 9. The fraction of sp³-hybridized carbons (Fsp3) is 1.00. The summed E-state index contributed by atoms with van der Waals surface area (Å²) in [5, 5.41) is 0. The van der Waals surface area contributed by atoms with Gasteiger partial charge in [-0.25, -0.2) is 0 Å². The third kappa shape index (κ3) is 8.47. The molecule has 0 saturated heterocycles. The van der Waals surface area contributed by atoms with Crippen molar-refractivity contribution in [3.8, 4) is 0 Å². The molecule has 2 nitrogen and oxygen atoms in total. The standard InChI is InChI=1S/C10H24O2Si/c1-3-6-10(7-4-2)11-8-5-9-12-13/h10H,3-9H2,1-2,13H3. The molecule has 0 amide bonds. The van der Waals surface area contributed by atoms with Crippen molar-refractivity contribution >= 4 is 10.5 Å². The van der Waals surface area contributed by atoms with Gasteiger partial charge in [0, 0.05) is 13.2 Å². The van der Waals surface area contributed by atoms with Gasteiger partial charge in [0.15, 0.2) is 0 Å². The van der Waals surface area contributed by atoms with E-state index in [1.165, 1.54) is 25.7 Å². The highest BCUT2D eigenvalue weighted by Gasteiger charge is 2.05. The summed E-state index contributed by atoms with van der Waals surface area (Å²) in [5.41, 5.74) is 0. The van der Waals surface area contributed by atoms with E-state index in [1.807, 2.05) is 0 Å². The van der Waals surface area contributed by atoms with Gasteiger partial charge in [0.2, 0.25) is 0 Å². The monoisotopic (exact) mass is 204 g/mol. The van der Waals surface area contributed by atoms with Gasteiger partial charge in [-0.2, -0.15) is 0 Å². The third-order valence-electron chi connectivity index (χ3n) is 2.07. The number of hydrogen-bond acceptors (Lipinski definition) is 2. The smallest absolute Gasteiger partial charge is 0.145 e. The van der Waals surface area contributed by atoms with Gasteiger partial charge in [-0.1, -0.05) is 26.7 Å². The van der Waals surface area contributed by atoms with Crippen LogP contribution in [0.15, 0.2) is 0 Å². The highest BCUT2D eigenvalue weighted by atomic mass is 28.2. The molecular weight excluding hydrogens is 180 g/mol. The van der Waals surface area contributed by atoms with E-state index in [0.717, 1.165) is 30.1 Å². The molecule has 0 unspecified atom stereocenters. The molecule has 13 heavy (non-hydrogen) atoms. The normalized spacial score (nSPS) is 11.3. The fourth-order valence-electron chi connectivity index (χ4n) is 1.41. The number of hydrogen-bond donors (Lipinski definition) is 0. The lowest BCUT2D eigenvalue weighted by atomic mass is 10.1. The molecule has 0 spiro atoms. The minimum atomic E-state index is 0.490. The van der Waals surface area contributed by atoms with Crippen LogP contribution in [0.3, 0.4) is 0 Å². The topological polar surface area (TPSA) is 18.5 Å². The van der Waals surface area contributed by atoms with Gasteiger partial charge in [0.25, 0.3) is 0 Å². The van der Waals surface area contributed by atoms with Gasteiger partial charge in [0.05, 0.1) is 6.10 Å². The van der Waals surface area contributed by atoms with Crippen LogP contribution in [-0.2, 0) is 9.16 Å². The molecule has 0 rings (SSSR count). The Balaban J connectivity index is 3.33. The van der Waals surface area contributed by atoms with Crippen LogP contribution in [0.5, 0.6) is 0 Å². The Morgan fingerprint density at radius 3 is 2.15 bits per heavy atom. The van der Waals surface area contributed by atoms with Crippen molar-refractivity contribution < 1.29 is 9.16 Å². The molecule has 0 heterocycles. The van der Waals surface area contributed by atoms with Gasteiger partial charge in [0.1, 0.15) is 10.5 Å². The second kappa shape index (κ2) is 10.2. The summed E-state index contributed by atoms with van der Waals surface area (Å²) in [6.45, 7) is 6.17. The summed E-state index contributed by atoms with van der Waals surface area (Å²) in [5.74, 6) is 0. The first kappa shape index (κ1) is 13.1. The summed E-state index contributed by atoms with van der Waals surface area (Å²) in [4.78, 5) is 0. The van der Waals surface area contributed by atoms with E-state index in [0.29, 0.717) is 6.10 Å². The second-order valence-corrected chi connectivity index (χ2v) is 3.99. The van der Waals surface area contributed by atoms with Crippen LogP contribution >= 0.6 is 0 Å². The summed E-state index contributed by atoms with van der Waals surface area (Å²) in [6, 6.07) is 0. The SMILES string of the molecule is CCCC(CCC)OCCCO[SiH3]. The maximum atomic E-state index is 5.76. The predicted octanol–water partition coefficient (Wildman–Crippen LogP) is 1.66. The molecule has 0 atom stereocenters. The van der Waals surface area contributed by atoms with E-state index in [9.17, 15) is 0 Å². The van der Waals surface area contributed by atoms with E-state index >= 15 is 0 Å². The zero-order valence-electron chi connectivity index (χ0n) is 9.34. The van der Waals surface area contributed by atoms with Crippen molar-refractivity contribution in [2.75, 3.05) is 13.2 Å². The van der Waals surface area contributed by atoms with Crippen LogP contribution in [-0.4, -0.2) is 29.8 Å². The first-order valence-corrected chi connectivity index (χ1v) is 6.27. The molecule has 0 aromatic rings. The van der Waals surface area contributed by atoms with Crippen molar-refractivity contribution in [1.82, 2.24) is 0 Å². The molecule has 0 aliphatic heterocycles. The molecule has 0 aromatic carbocycles. The first-order chi connectivity index (χ1) is 6.35.